The van der Waals surface area contributed by atoms with Crippen molar-refractivity contribution in [1.29, 1.82) is 0 Å². The van der Waals surface area contributed by atoms with Crippen LogP contribution in [0.4, 0.5) is 10.5 Å². The van der Waals surface area contributed by atoms with Gasteiger partial charge < -0.3 is 90.9 Å². The molecule has 0 saturated carbocycles. The van der Waals surface area contributed by atoms with Gasteiger partial charge in [-0.2, -0.15) is 0 Å². The Hall–Kier alpha value is -8.50. The molecule has 3 aliphatic rings. The Balaban J connectivity index is 1.22. The monoisotopic (exact) mass is 1440 g/mol. The van der Waals surface area contributed by atoms with Crippen LogP contribution in [0, 0.1) is 29.6 Å². The van der Waals surface area contributed by atoms with Crippen LogP contribution in [-0.4, -0.2) is 256 Å². The number of carbonyl (C=O) groups is 12. The number of aliphatic hydroxyl groups is 4. The highest BCUT2D eigenvalue weighted by Crippen LogP contribution is 2.31. The van der Waals surface area contributed by atoms with E-state index in [1.54, 1.807) is 91.6 Å². The number of imide groups is 1. The zero-order valence-electron chi connectivity index (χ0n) is 60.4. The van der Waals surface area contributed by atoms with E-state index in [0.717, 1.165) is 17.1 Å². The fraction of sp³-hybridized carbons (Fsp3) is 0.629. The molecule has 102 heavy (non-hydrogen) atoms. The highest BCUT2D eigenvalue weighted by Gasteiger charge is 2.49. The fourth-order valence-corrected chi connectivity index (χ4v) is 12.6. The summed E-state index contributed by atoms with van der Waals surface area (Å²) in [6.45, 7) is 15.8. The minimum absolute atomic E-state index is 0.113. The number of aliphatic hydroxyl groups excluding tert-OH is 4. The molecule has 2 saturated heterocycles. The molecule has 0 bridgehead atoms. The van der Waals surface area contributed by atoms with Crippen molar-refractivity contribution in [2.75, 3.05) is 59.9 Å². The smallest absolute Gasteiger partial charge is 0.410 e. The number of likely N-dealkylation sites (N-methyl/N-ethyl adjacent to an activating group) is 2. The first-order valence-corrected chi connectivity index (χ1v) is 34.3. The number of carboxylic acid groups (broad SMARTS) is 1. The maximum atomic E-state index is 14.8. The average Bonchev–Trinajstić information content (AvgIpc) is 1.69. The van der Waals surface area contributed by atoms with Crippen LogP contribution >= 0.6 is 0 Å². The third-order valence-electron chi connectivity index (χ3n) is 18.7. The number of carbonyl (C=O) groups excluding carboxylic acids is 11. The van der Waals surface area contributed by atoms with Crippen LogP contribution in [0.15, 0.2) is 66.7 Å². The summed E-state index contributed by atoms with van der Waals surface area (Å²) in [5, 5.41) is 67.7. The van der Waals surface area contributed by atoms with Crippen LogP contribution in [0.5, 0.6) is 0 Å². The Morgan fingerprint density at radius 3 is 1.90 bits per heavy atom. The highest BCUT2D eigenvalue weighted by atomic mass is 16.7. The van der Waals surface area contributed by atoms with Crippen LogP contribution in [-0.2, 0) is 83.0 Å². The van der Waals surface area contributed by atoms with E-state index < -0.39 is 187 Å². The van der Waals surface area contributed by atoms with Gasteiger partial charge in [0.2, 0.25) is 47.3 Å². The van der Waals surface area contributed by atoms with E-state index in [1.165, 1.54) is 50.4 Å². The number of hydrogen-bond acceptors (Lipinski definition) is 21. The van der Waals surface area contributed by atoms with E-state index in [2.05, 4.69) is 31.9 Å². The summed E-state index contributed by atoms with van der Waals surface area (Å²) in [5.41, 5.74) is 1.16. The van der Waals surface area contributed by atoms with Gasteiger partial charge in [-0.05, 0) is 66.7 Å². The molecule has 0 aromatic heterocycles. The Morgan fingerprint density at radius 2 is 1.33 bits per heavy atom. The standard InChI is InChI=1S/C70H104N10O22/c1-15-39(8)56(47(98-13)32-52(85)79-31-19-22-46(79)61(99-14)40(9)63(90)72-41(10)57(86)43-20-17-16-18-21-43)77(11)67(94)54(37(4)5)76-66(93)55(38(6)7)78(12)70(97)101-34-42-23-25-44(26-24-42)73-64(91)45(35-100-69-60(89)58(87)59(88)62(102-69)68(95)96)74-65(92)53(36(2)3)75-48(81)29-30-71-49(82)33-80-50(83)27-28-51(80)84/h16-18,20-21,23-28,36-41,45-47,53-62,69,86-89H,15,19,22,29-35H2,1-14H3,(H,71,82)(H,72,90)(H,73,91)(H,74,92)(H,75,81)(H,76,93)(H,95,96)/t39-,40+,41+,45-,46-,47+,53-,54-,55-,56-,57+,58-,59-,60+,61+,62-,69+/m0/s1. The van der Waals surface area contributed by atoms with Crippen LogP contribution in [0.1, 0.15) is 119 Å². The summed E-state index contributed by atoms with van der Waals surface area (Å²) in [5.74, 6) is -10.7. The predicted octanol–water partition coefficient (Wildman–Crippen LogP) is 0.483. The molecule has 2 fully saturated rings. The van der Waals surface area contributed by atoms with Gasteiger partial charge in [0, 0.05) is 65.7 Å². The normalized spacial score (nSPS) is 21.5. The molecule has 0 unspecified atom stereocenters. The number of amides is 11. The van der Waals surface area contributed by atoms with Crippen LogP contribution in [0.25, 0.3) is 0 Å². The molecule has 11 N–H and O–H groups in total. The van der Waals surface area contributed by atoms with Crippen LogP contribution in [0.2, 0.25) is 0 Å². The van der Waals surface area contributed by atoms with Gasteiger partial charge in [-0.1, -0.05) is 111 Å². The largest absolute Gasteiger partial charge is 0.479 e. The number of hydrogen-bond donors (Lipinski definition) is 11. The molecule has 3 aliphatic heterocycles. The zero-order chi connectivity index (χ0) is 76.1. The molecule has 2 aromatic carbocycles. The van der Waals surface area contributed by atoms with Crippen LogP contribution in [0.3, 0.4) is 0 Å². The van der Waals surface area contributed by atoms with Gasteiger partial charge in [0.25, 0.3) is 11.8 Å². The number of rotatable bonds is 37. The number of nitrogens with one attached hydrogen (secondary N) is 6. The first-order valence-electron chi connectivity index (χ1n) is 34.3. The fourth-order valence-electron chi connectivity index (χ4n) is 12.6. The maximum absolute atomic E-state index is 14.8. The van der Waals surface area contributed by atoms with Gasteiger partial charge in [0.15, 0.2) is 12.4 Å². The van der Waals surface area contributed by atoms with Crippen molar-refractivity contribution in [2.24, 2.45) is 29.6 Å². The summed E-state index contributed by atoms with van der Waals surface area (Å²) < 4.78 is 28.5. The topological polar surface area (TPSA) is 437 Å². The number of aliphatic carboxylic acids is 1. The number of carboxylic acids is 1. The molecule has 0 aliphatic carbocycles. The molecule has 11 amide bonds. The summed E-state index contributed by atoms with van der Waals surface area (Å²) in [6.07, 6.45) is -10.3. The van der Waals surface area contributed by atoms with Crippen molar-refractivity contribution in [3.05, 3.63) is 77.9 Å². The third kappa shape index (κ3) is 22.5. The lowest BCUT2D eigenvalue weighted by Crippen LogP contribution is -2.61. The van der Waals surface area contributed by atoms with Gasteiger partial charge in [-0.25, -0.2) is 9.59 Å². The number of methoxy groups -OCH3 is 2. The molecule has 0 radical (unpaired) electrons. The first kappa shape index (κ1) is 84.2. The lowest BCUT2D eigenvalue weighted by Gasteiger charge is -2.41. The molecule has 32 nitrogen and oxygen atoms in total. The summed E-state index contributed by atoms with van der Waals surface area (Å²) in [6, 6.07) is 7.70. The van der Waals surface area contributed by atoms with Gasteiger partial charge in [-0.3, -0.25) is 57.7 Å². The maximum Gasteiger partial charge on any atom is 0.410 e. The Bertz CT molecular complexity index is 3230. The summed E-state index contributed by atoms with van der Waals surface area (Å²) >= 11 is 0. The first-order chi connectivity index (χ1) is 48.1. The van der Waals surface area contributed by atoms with Crippen molar-refractivity contribution in [3.8, 4) is 0 Å². The van der Waals surface area contributed by atoms with Crippen LogP contribution < -0.4 is 31.9 Å². The van der Waals surface area contributed by atoms with E-state index in [4.69, 9.17) is 23.7 Å². The summed E-state index contributed by atoms with van der Waals surface area (Å²) in [7, 11) is 5.94. The molecular formula is C70H104N10O22. The number of nitrogens with zero attached hydrogens (tertiary/aromatic N) is 4. The zero-order valence-corrected chi connectivity index (χ0v) is 60.4. The van der Waals surface area contributed by atoms with E-state index in [9.17, 15) is 83.1 Å². The third-order valence-corrected chi connectivity index (χ3v) is 18.7. The molecule has 2 aromatic rings. The lowest BCUT2D eigenvalue weighted by atomic mass is 9.89. The van der Waals surface area contributed by atoms with Crippen molar-refractivity contribution < 1.29 is 107 Å². The summed E-state index contributed by atoms with van der Waals surface area (Å²) in [4.78, 5) is 165. The second-order valence-electron chi connectivity index (χ2n) is 27.1. The average molecular weight is 1440 g/mol. The minimum atomic E-state index is -2.08. The van der Waals surface area contributed by atoms with Gasteiger partial charge in [0.1, 0.15) is 55.6 Å². The Labute approximate surface area is 594 Å². The van der Waals surface area contributed by atoms with E-state index >= 15 is 0 Å². The predicted molar refractivity (Wildman–Crippen MR) is 366 cm³/mol. The molecule has 32 heteroatoms. The number of benzene rings is 2. The molecule has 3 heterocycles. The van der Waals surface area contributed by atoms with Crippen molar-refractivity contribution in [2.45, 2.75) is 199 Å². The molecule has 17 atom stereocenters. The number of ether oxygens (including phenoxy) is 5. The number of anilines is 1. The van der Waals surface area contributed by atoms with Gasteiger partial charge in [-0.15, -0.1) is 0 Å². The van der Waals surface area contributed by atoms with Crippen molar-refractivity contribution in [3.63, 3.8) is 0 Å². The minimum Gasteiger partial charge on any atom is -0.479 e. The SMILES string of the molecule is CC[C@H](C)[C@@H]([C@@H](CC(=O)N1CCC[C@H]1[C@H](OC)[C@@H](C)C(=O)N[C@H](C)[C@@H](O)c1ccccc1)OC)N(C)C(=O)[C@@H](NC(=O)[C@H](C(C)C)N(C)C(=O)OCc1ccc(NC(=O)[C@H](CO[C@@H]2O[C@H](C(=O)O)[C@@H](O)[C@H](O)[C@H]2O)NC(=O)[C@@H](NC(=O)CCNC(=O)CN2C(=O)C=CC2=O)C(C)C)cc1)C(C)C. The Kier molecular flexibility index (Phi) is 32.4. The highest BCUT2D eigenvalue weighted by molar-refractivity contribution is 6.14. The van der Waals surface area contributed by atoms with Crippen molar-refractivity contribution in [1.82, 2.24) is 46.2 Å². The van der Waals surface area contributed by atoms with E-state index in [0.29, 0.717) is 41.8 Å². The second-order valence-corrected chi connectivity index (χ2v) is 27.1. The molecule has 0 spiro atoms. The Morgan fingerprint density at radius 1 is 0.706 bits per heavy atom. The van der Waals surface area contributed by atoms with Gasteiger partial charge in [0.05, 0.1) is 55.4 Å². The molecular weight excluding hydrogens is 1330 g/mol. The van der Waals surface area contributed by atoms with E-state index in [1.807, 2.05) is 19.9 Å². The lowest BCUT2D eigenvalue weighted by molar-refractivity contribution is -0.294. The van der Waals surface area contributed by atoms with Crippen molar-refractivity contribution >= 4 is 76.8 Å². The van der Waals surface area contributed by atoms with Gasteiger partial charge >= 0.3 is 12.1 Å². The second kappa shape index (κ2) is 39.2. The van der Waals surface area contributed by atoms with E-state index in [-0.39, 0.29) is 49.4 Å². The quantitative estimate of drug-likeness (QED) is 0.0410. The molecule has 566 valence electrons. The molecule has 5 rings (SSSR count). The number of likely N-dealkylation sites (tertiary alicyclic amines) is 1.